The Morgan fingerprint density at radius 3 is 2.39 bits per heavy atom. The molecule has 0 saturated heterocycles. The molecule has 180 valence electrons. The van der Waals surface area contributed by atoms with Crippen LogP contribution in [0.3, 0.4) is 0 Å². The maximum atomic E-state index is 11.5. The number of carbonyl (C=O) groups excluding carboxylic acids is 1. The molecule has 0 saturated carbocycles. The number of hydrogen-bond acceptors (Lipinski definition) is 5. The van der Waals surface area contributed by atoms with Crippen LogP contribution in [-0.4, -0.2) is 15.9 Å². The molecular weight excluding hydrogens is 472 g/mol. The monoisotopic (exact) mass is 496 g/mol. The Morgan fingerprint density at radius 1 is 0.944 bits per heavy atom. The molecule has 0 bridgehead atoms. The van der Waals surface area contributed by atoms with Crippen LogP contribution in [0, 0.1) is 13.8 Å². The summed E-state index contributed by atoms with van der Waals surface area (Å²) >= 11 is 6.25. The van der Waals surface area contributed by atoms with Crippen LogP contribution in [0.5, 0.6) is 11.6 Å². The minimum Gasteiger partial charge on any atom is -0.437 e. The van der Waals surface area contributed by atoms with Gasteiger partial charge in [-0.25, -0.2) is 4.98 Å². The highest BCUT2D eigenvalue weighted by molar-refractivity contribution is 6.31. The Bertz CT molecular complexity index is 1410. The molecule has 0 aliphatic carbocycles. The first-order chi connectivity index (χ1) is 17.4. The molecule has 36 heavy (non-hydrogen) atoms. The third-order valence-electron chi connectivity index (χ3n) is 5.09. The van der Waals surface area contributed by atoms with E-state index in [1.807, 2.05) is 24.3 Å². The summed E-state index contributed by atoms with van der Waals surface area (Å²) in [4.78, 5) is 20.2. The molecule has 0 unspecified atom stereocenters. The molecule has 1 aromatic heterocycles. The first-order valence-electron chi connectivity index (χ1n) is 11.3. The number of amides is 1. The fourth-order valence-corrected chi connectivity index (χ4v) is 3.66. The van der Waals surface area contributed by atoms with Gasteiger partial charge in [0, 0.05) is 17.4 Å². The predicted molar refractivity (Wildman–Crippen MR) is 147 cm³/mol. The van der Waals surface area contributed by atoms with E-state index in [1.165, 1.54) is 29.0 Å². The van der Waals surface area contributed by atoms with Crippen LogP contribution in [0.4, 0.5) is 17.3 Å². The molecular formula is C29H25ClN4O2. The second-order valence-corrected chi connectivity index (χ2v) is 8.58. The molecule has 0 radical (unpaired) electrons. The Kier molecular flexibility index (Phi) is 7.78. The van der Waals surface area contributed by atoms with E-state index in [9.17, 15) is 4.79 Å². The summed E-state index contributed by atoms with van der Waals surface area (Å²) in [5.74, 6) is 0.673. The Labute approximate surface area is 215 Å². The van der Waals surface area contributed by atoms with Crippen LogP contribution >= 0.6 is 11.6 Å². The molecule has 0 aliphatic rings. The van der Waals surface area contributed by atoms with Crippen molar-refractivity contribution in [2.24, 2.45) is 0 Å². The van der Waals surface area contributed by atoms with Crippen LogP contribution in [0.2, 0.25) is 5.02 Å². The molecule has 1 amide bonds. The van der Waals surface area contributed by atoms with E-state index in [0.29, 0.717) is 17.4 Å². The van der Waals surface area contributed by atoms with Gasteiger partial charge in [0.2, 0.25) is 17.7 Å². The maximum Gasteiger partial charge on any atom is 0.247 e. The van der Waals surface area contributed by atoms with Crippen molar-refractivity contribution in [3.8, 4) is 11.6 Å². The highest BCUT2D eigenvalue weighted by Gasteiger charge is 2.10. The number of rotatable bonds is 8. The number of nitrogens with one attached hydrogen (secondary N) is 2. The van der Waals surface area contributed by atoms with Gasteiger partial charge >= 0.3 is 0 Å². The van der Waals surface area contributed by atoms with E-state index in [-0.39, 0.29) is 16.8 Å². The van der Waals surface area contributed by atoms with Gasteiger partial charge in [0.25, 0.3) is 0 Å². The van der Waals surface area contributed by atoms with Gasteiger partial charge in [0.1, 0.15) is 10.8 Å². The van der Waals surface area contributed by atoms with Crippen LogP contribution in [0.1, 0.15) is 22.3 Å². The number of ether oxygens (including phenoxy) is 1. The summed E-state index contributed by atoms with van der Waals surface area (Å²) in [6.07, 6.45) is 6.84. The number of hydrogen-bond donors (Lipinski definition) is 2. The van der Waals surface area contributed by atoms with Crippen molar-refractivity contribution in [2.45, 2.75) is 13.8 Å². The number of nitrogens with zero attached hydrogens (tertiary/aromatic N) is 2. The minimum atomic E-state index is -0.314. The number of halogens is 1. The lowest BCUT2D eigenvalue weighted by molar-refractivity contribution is -0.111. The third-order valence-corrected chi connectivity index (χ3v) is 5.35. The van der Waals surface area contributed by atoms with Crippen molar-refractivity contribution >= 4 is 47.0 Å². The molecule has 2 N–H and O–H groups in total. The van der Waals surface area contributed by atoms with E-state index in [1.54, 1.807) is 24.3 Å². The zero-order valence-electron chi connectivity index (χ0n) is 20.0. The summed E-state index contributed by atoms with van der Waals surface area (Å²) in [5, 5.41) is 6.11. The fraction of sp³-hybridized carbons (Fsp3) is 0.0690. The molecule has 1 heterocycles. The third kappa shape index (κ3) is 6.81. The molecule has 0 aliphatic heterocycles. The average molecular weight is 497 g/mol. The standard InChI is InChI=1S/C29H25ClN4O2/c1-4-27(35)32-24-6-5-7-25(17-24)36-28-26(30)18-31-29(34-28)33-23-12-10-21(11-13-23)8-9-22-15-19(2)14-20(3)16-22/h4-18H,1H2,2-3H3,(H,32,35)(H,31,33,34)/b9-8+. The highest BCUT2D eigenvalue weighted by atomic mass is 35.5. The van der Waals surface area contributed by atoms with Gasteiger partial charge in [-0.3, -0.25) is 4.79 Å². The van der Waals surface area contributed by atoms with Crippen molar-refractivity contribution in [3.05, 3.63) is 113 Å². The van der Waals surface area contributed by atoms with E-state index >= 15 is 0 Å². The summed E-state index contributed by atoms with van der Waals surface area (Å²) in [6.45, 7) is 7.64. The van der Waals surface area contributed by atoms with Crippen LogP contribution < -0.4 is 15.4 Å². The van der Waals surface area contributed by atoms with Gasteiger partial charge in [0.15, 0.2) is 0 Å². The zero-order valence-corrected chi connectivity index (χ0v) is 20.7. The summed E-state index contributed by atoms with van der Waals surface area (Å²) in [6, 6.07) is 21.3. The second-order valence-electron chi connectivity index (χ2n) is 8.17. The Hall–Kier alpha value is -4.42. The lowest BCUT2D eigenvalue weighted by atomic mass is 10.1. The topological polar surface area (TPSA) is 76.1 Å². The highest BCUT2D eigenvalue weighted by Crippen LogP contribution is 2.29. The smallest absolute Gasteiger partial charge is 0.247 e. The first kappa shape index (κ1) is 24.7. The Morgan fingerprint density at radius 2 is 1.67 bits per heavy atom. The molecule has 0 spiro atoms. The average Bonchev–Trinajstić information content (AvgIpc) is 2.85. The van der Waals surface area contributed by atoms with Crippen molar-refractivity contribution in [3.63, 3.8) is 0 Å². The number of anilines is 3. The first-order valence-corrected chi connectivity index (χ1v) is 11.6. The number of benzene rings is 3. The summed E-state index contributed by atoms with van der Waals surface area (Å²) in [5.41, 5.74) is 6.11. The van der Waals surface area contributed by atoms with Gasteiger partial charge in [-0.15, -0.1) is 0 Å². The summed E-state index contributed by atoms with van der Waals surface area (Å²) < 4.78 is 5.84. The Balaban J connectivity index is 1.44. The van der Waals surface area contributed by atoms with E-state index in [4.69, 9.17) is 16.3 Å². The minimum absolute atomic E-state index is 0.189. The largest absolute Gasteiger partial charge is 0.437 e. The van der Waals surface area contributed by atoms with Gasteiger partial charge in [-0.1, -0.05) is 77.9 Å². The number of aromatic nitrogens is 2. The number of carbonyl (C=O) groups is 1. The van der Waals surface area contributed by atoms with Crippen LogP contribution in [-0.2, 0) is 4.79 Å². The zero-order chi connectivity index (χ0) is 25.5. The molecule has 6 nitrogen and oxygen atoms in total. The normalized spacial score (nSPS) is 10.8. The van der Waals surface area contributed by atoms with Gasteiger partial charge in [-0.05, 0) is 55.3 Å². The fourth-order valence-electron chi connectivity index (χ4n) is 3.53. The van der Waals surface area contributed by atoms with Crippen molar-refractivity contribution in [2.75, 3.05) is 10.6 Å². The van der Waals surface area contributed by atoms with E-state index < -0.39 is 0 Å². The van der Waals surface area contributed by atoms with Gasteiger partial charge < -0.3 is 15.4 Å². The molecule has 7 heteroatoms. The molecule has 0 atom stereocenters. The molecule has 4 rings (SSSR count). The van der Waals surface area contributed by atoms with Gasteiger partial charge in [0.05, 0.1) is 6.20 Å². The second kappa shape index (κ2) is 11.3. The predicted octanol–water partition coefficient (Wildman–Crippen LogP) is 7.58. The number of aryl methyl sites for hydroxylation is 2. The van der Waals surface area contributed by atoms with Crippen LogP contribution in [0.25, 0.3) is 12.2 Å². The summed E-state index contributed by atoms with van der Waals surface area (Å²) in [7, 11) is 0. The van der Waals surface area contributed by atoms with Crippen molar-refractivity contribution in [1.82, 2.24) is 9.97 Å². The SMILES string of the molecule is C=CC(=O)Nc1cccc(Oc2nc(Nc3ccc(/C=C/c4cc(C)cc(C)c4)cc3)ncc2Cl)c1. The van der Waals surface area contributed by atoms with E-state index in [2.05, 4.69) is 71.4 Å². The molecule has 0 fully saturated rings. The van der Waals surface area contributed by atoms with Crippen LogP contribution in [0.15, 0.2) is 85.6 Å². The van der Waals surface area contributed by atoms with E-state index in [0.717, 1.165) is 11.3 Å². The molecule has 4 aromatic rings. The quantitative estimate of drug-likeness (QED) is 0.194. The van der Waals surface area contributed by atoms with Gasteiger partial charge in [-0.2, -0.15) is 4.98 Å². The van der Waals surface area contributed by atoms with Crippen molar-refractivity contribution < 1.29 is 9.53 Å². The lowest BCUT2D eigenvalue weighted by Gasteiger charge is -2.10. The van der Waals surface area contributed by atoms with Crippen molar-refractivity contribution in [1.29, 1.82) is 0 Å². The lowest BCUT2D eigenvalue weighted by Crippen LogP contribution is -2.07. The maximum absolute atomic E-state index is 11.5. The molecule has 3 aromatic carbocycles.